The van der Waals surface area contributed by atoms with Gasteiger partial charge in [-0.3, -0.25) is 9.47 Å². The Bertz CT molecular complexity index is 1510. The van der Waals surface area contributed by atoms with E-state index < -0.39 is 5.79 Å². The van der Waals surface area contributed by atoms with Gasteiger partial charge in [-0.15, -0.1) is 0 Å². The molecule has 0 radical (unpaired) electrons. The Balaban J connectivity index is 1.47. The summed E-state index contributed by atoms with van der Waals surface area (Å²) in [4.78, 5) is 26.8. The molecular formula is C27H34ClN7O3. The largest absolute Gasteiger partial charge is 0.449 e. The molecule has 1 unspecified atom stereocenters. The molecule has 2 aliphatic heterocycles. The van der Waals surface area contributed by atoms with Crippen molar-refractivity contribution in [2.75, 3.05) is 18.0 Å². The van der Waals surface area contributed by atoms with Crippen molar-refractivity contribution in [2.24, 2.45) is 7.05 Å². The molecule has 3 atom stereocenters. The number of ether oxygens (including phenoxy) is 2. The van der Waals surface area contributed by atoms with E-state index in [4.69, 9.17) is 26.1 Å². The molecule has 0 spiro atoms. The van der Waals surface area contributed by atoms with Crippen molar-refractivity contribution in [3.05, 3.63) is 39.0 Å². The minimum absolute atomic E-state index is 0.0258. The van der Waals surface area contributed by atoms with Gasteiger partial charge in [-0.05, 0) is 39.3 Å². The van der Waals surface area contributed by atoms with Gasteiger partial charge in [0.1, 0.15) is 17.0 Å². The third-order valence-corrected chi connectivity index (χ3v) is 7.95. The maximum Gasteiger partial charge on any atom is 0.350 e. The number of aromatic nitrogens is 4. The van der Waals surface area contributed by atoms with Gasteiger partial charge in [0.25, 0.3) is 0 Å². The highest BCUT2D eigenvalue weighted by Crippen LogP contribution is 2.45. The maximum absolute atomic E-state index is 12.9. The number of benzene rings is 1. The number of imidazole rings is 1. The Morgan fingerprint density at radius 2 is 1.87 bits per heavy atom. The van der Waals surface area contributed by atoms with E-state index in [9.17, 15) is 10.1 Å². The molecule has 2 aromatic heterocycles. The van der Waals surface area contributed by atoms with Crippen LogP contribution in [0.4, 0.5) is 5.82 Å². The van der Waals surface area contributed by atoms with Crippen molar-refractivity contribution in [3.8, 4) is 17.6 Å². The molecule has 0 saturated carbocycles. The quantitative estimate of drug-likeness (QED) is 0.479. The normalized spacial score (nSPS) is 21.6. The van der Waals surface area contributed by atoms with Gasteiger partial charge < -0.3 is 18.9 Å². The van der Waals surface area contributed by atoms with Crippen LogP contribution in [-0.4, -0.2) is 55.0 Å². The zero-order valence-corrected chi connectivity index (χ0v) is 23.7. The molecule has 1 fully saturated rings. The Morgan fingerprint density at radius 1 is 1.18 bits per heavy atom. The lowest BCUT2D eigenvalue weighted by Gasteiger charge is -2.47. The van der Waals surface area contributed by atoms with Crippen LogP contribution in [-0.2, 0) is 20.0 Å². The van der Waals surface area contributed by atoms with Crippen LogP contribution in [0.3, 0.4) is 0 Å². The highest BCUT2D eigenvalue weighted by Gasteiger charge is 2.37. The number of nitriles is 1. The van der Waals surface area contributed by atoms with E-state index in [1.165, 1.54) is 4.57 Å². The molecular weight excluding hydrogens is 506 g/mol. The minimum Gasteiger partial charge on any atom is -0.449 e. The lowest BCUT2D eigenvalue weighted by atomic mass is 10.00. The average molecular weight is 540 g/mol. The topological polar surface area (TPSA) is 101 Å². The van der Waals surface area contributed by atoms with Gasteiger partial charge >= 0.3 is 5.69 Å². The van der Waals surface area contributed by atoms with Crippen molar-refractivity contribution in [1.82, 2.24) is 24.0 Å². The van der Waals surface area contributed by atoms with Crippen LogP contribution in [0.1, 0.15) is 59.0 Å². The highest BCUT2D eigenvalue weighted by molar-refractivity contribution is 6.31. The van der Waals surface area contributed by atoms with Gasteiger partial charge in [-0.25, -0.2) is 9.78 Å². The summed E-state index contributed by atoms with van der Waals surface area (Å²) in [7, 11) is 1.70. The Labute approximate surface area is 227 Å². The molecule has 5 rings (SSSR count). The number of hydrogen-bond donors (Lipinski definition) is 0. The van der Waals surface area contributed by atoms with Gasteiger partial charge in [0.05, 0.1) is 12.5 Å². The molecule has 10 nitrogen and oxygen atoms in total. The van der Waals surface area contributed by atoms with Crippen molar-refractivity contribution in [1.29, 1.82) is 5.26 Å². The molecule has 4 heterocycles. The summed E-state index contributed by atoms with van der Waals surface area (Å²) in [5.41, 5.74) is 1.99. The lowest BCUT2D eigenvalue weighted by Crippen LogP contribution is -2.57. The molecule has 11 heteroatoms. The molecule has 1 saturated heterocycles. The molecule has 38 heavy (non-hydrogen) atoms. The smallest absolute Gasteiger partial charge is 0.350 e. The fourth-order valence-corrected chi connectivity index (χ4v) is 6.09. The standard InChI is InChI=1S/C27H34ClN7O3/c1-8-33-22(9-10-29)30-23-24(31-26(36)32(7)25(23)33)35-14-15(2)34(13-16(35)3)17(4)18-11-20-21(12-19(18)28)38-27(5,6)37-20/h11-12,15-17H,8-9,13-14H2,1-7H3/t15-,16+,17?/m1/s1. The summed E-state index contributed by atoms with van der Waals surface area (Å²) in [5.74, 6) is 1.86. The zero-order chi connectivity index (χ0) is 27.5. The third kappa shape index (κ3) is 4.28. The monoisotopic (exact) mass is 539 g/mol. The molecule has 2 aliphatic rings. The Morgan fingerprint density at radius 3 is 2.53 bits per heavy atom. The van der Waals surface area contributed by atoms with Gasteiger partial charge in [0, 0.05) is 69.7 Å². The minimum atomic E-state index is -0.718. The number of anilines is 1. The molecule has 202 valence electrons. The predicted octanol–water partition coefficient (Wildman–Crippen LogP) is 4.04. The number of rotatable bonds is 5. The van der Waals surface area contributed by atoms with E-state index in [2.05, 4.69) is 41.6 Å². The zero-order valence-electron chi connectivity index (χ0n) is 22.9. The van der Waals surface area contributed by atoms with Crippen LogP contribution in [0, 0.1) is 11.3 Å². The number of halogens is 1. The number of fused-ring (bicyclic) bond motifs is 2. The second-order valence-corrected chi connectivity index (χ2v) is 11.1. The predicted molar refractivity (Wildman–Crippen MR) is 146 cm³/mol. The first-order valence-electron chi connectivity index (χ1n) is 13.0. The van der Waals surface area contributed by atoms with Crippen molar-refractivity contribution < 1.29 is 9.47 Å². The van der Waals surface area contributed by atoms with Crippen LogP contribution < -0.4 is 20.1 Å². The summed E-state index contributed by atoms with van der Waals surface area (Å²) in [6.45, 7) is 14.2. The first-order chi connectivity index (χ1) is 18.0. The third-order valence-electron chi connectivity index (χ3n) is 7.62. The van der Waals surface area contributed by atoms with Crippen molar-refractivity contribution >= 4 is 28.6 Å². The summed E-state index contributed by atoms with van der Waals surface area (Å²) in [5, 5.41) is 9.97. The van der Waals surface area contributed by atoms with E-state index >= 15 is 0 Å². The van der Waals surface area contributed by atoms with E-state index in [1.54, 1.807) is 7.05 Å². The van der Waals surface area contributed by atoms with Crippen molar-refractivity contribution in [2.45, 2.75) is 78.4 Å². The van der Waals surface area contributed by atoms with E-state index in [1.807, 2.05) is 37.5 Å². The van der Waals surface area contributed by atoms with Crippen LogP contribution in [0.5, 0.6) is 11.5 Å². The Kier molecular flexibility index (Phi) is 6.56. The van der Waals surface area contributed by atoms with Gasteiger partial charge in [-0.2, -0.15) is 10.2 Å². The Hall–Kier alpha value is -3.29. The van der Waals surface area contributed by atoms with Crippen LogP contribution >= 0.6 is 11.6 Å². The van der Waals surface area contributed by atoms with E-state index in [0.717, 1.165) is 12.1 Å². The molecule has 3 aromatic rings. The van der Waals surface area contributed by atoms with E-state index in [0.29, 0.717) is 52.4 Å². The fraction of sp³-hybridized carbons (Fsp3) is 0.556. The maximum atomic E-state index is 12.9. The first-order valence-corrected chi connectivity index (χ1v) is 13.4. The van der Waals surface area contributed by atoms with Crippen LogP contribution in [0.25, 0.3) is 11.2 Å². The highest BCUT2D eigenvalue weighted by atomic mass is 35.5. The van der Waals surface area contributed by atoms with Gasteiger partial charge in [0.15, 0.2) is 17.3 Å². The first kappa shape index (κ1) is 26.3. The molecule has 0 amide bonds. The number of hydrogen-bond acceptors (Lipinski definition) is 8. The summed E-state index contributed by atoms with van der Waals surface area (Å²) in [6, 6.07) is 6.22. The van der Waals surface area contributed by atoms with Crippen LogP contribution in [0.2, 0.25) is 5.02 Å². The van der Waals surface area contributed by atoms with Gasteiger partial charge in [-0.1, -0.05) is 11.6 Å². The fourth-order valence-electron chi connectivity index (χ4n) is 5.77. The van der Waals surface area contributed by atoms with Crippen LogP contribution in [0.15, 0.2) is 16.9 Å². The number of piperazine rings is 1. The lowest BCUT2D eigenvalue weighted by molar-refractivity contribution is -0.0431. The molecule has 0 bridgehead atoms. The molecule has 1 aromatic carbocycles. The summed E-state index contributed by atoms with van der Waals surface area (Å²) >= 11 is 6.72. The second kappa shape index (κ2) is 9.47. The number of nitrogens with zero attached hydrogens (tertiary/aromatic N) is 7. The SMILES string of the molecule is CCn1c(CC#N)nc2c(N3C[C@@H](C)N(C(C)c4cc5c(cc4Cl)OC(C)(C)O5)C[C@@H]3C)nc(=O)n(C)c21. The molecule has 0 aliphatic carbocycles. The summed E-state index contributed by atoms with van der Waals surface area (Å²) in [6.07, 6.45) is 0.168. The number of aryl methyl sites for hydroxylation is 2. The van der Waals surface area contributed by atoms with E-state index in [-0.39, 0.29) is 30.2 Å². The molecule has 0 N–H and O–H groups in total. The van der Waals surface area contributed by atoms with Gasteiger partial charge in [0.2, 0.25) is 5.79 Å². The summed E-state index contributed by atoms with van der Waals surface area (Å²) < 4.78 is 15.3. The average Bonchev–Trinajstić information content (AvgIpc) is 3.37. The van der Waals surface area contributed by atoms with Crippen molar-refractivity contribution in [3.63, 3.8) is 0 Å². The second-order valence-electron chi connectivity index (χ2n) is 10.7.